The predicted octanol–water partition coefficient (Wildman–Crippen LogP) is 0.508. The van der Waals surface area contributed by atoms with Crippen LogP contribution in [0.4, 0.5) is 11.6 Å². The molecule has 9 atom stereocenters. The zero-order valence-corrected chi connectivity index (χ0v) is 22.6. The highest BCUT2D eigenvalue weighted by Gasteiger charge is 2.53. The third kappa shape index (κ3) is 4.70. The first-order valence-electron chi connectivity index (χ1n) is 12.3. The highest BCUT2D eigenvalue weighted by atomic mass is 31.1. The van der Waals surface area contributed by atoms with Crippen LogP contribution in [0.25, 0.3) is 22.3 Å². The van der Waals surface area contributed by atoms with Crippen LogP contribution in [0.15, 0.2) is 25.3 Å². The van der Waals surface area contributed by atoms with Crippen LogP contribution in [0.2, 0.25) is 0 Å². The molecular formula is C20H22N10O9P2+2. The van der Waals surface area contributed by atoms with Crippen molar-refractivity contribution in [2.24, 2.45) is 0 Å². The van der Waals surface area contributed by atoms with Gasteiger partial charge in [-0.05, 0) is 0 Å². The summed E-state index contributed by atoms with van der Waals surface area (Å²) in [4.78, 5) is 24.6. The minimum Gasteiger partial charge on any atom is -0.385 e. The van der Waals surface area contributed by atoms with Crippen molar-refractivity contribution in [2.75, 3.05) is 24.7 Å². The molecule has 21 heteroatoms. The van der Waals surface area contributed by atoms with Gasteiger partial charge in [0.25, 0.3) is 0 Å². The van der Waals surface area contributed by atoms with E-state index in [1.165, 1.54) is 29.9 Å². The molecule has 3 aliphatic rings. The number of aliphatic hydroxyl groups excluding tert-OH is 1. The molecule has 0 amide bonds. The Balaban J connectivity index is 1.13. The quantitative estimate of drug-likeness (QED) is 0.262. The molecular weight excluding hydrogens is 586 g/mol. The van der Waals surface area contributed by atoms with Crippen LogP contribution in [0.3, 0.4) is 0 Å². The molecule has 4 aromatic heterocycles. The Kier molecular flexibility index (Phi) is 6.77. The third-order valence-electron chi connectivity index (χ3n) is 6.92. The van der Waals surface area contributed by atoms with Crippen LogP contribution in [-0.4, -0.2) is 87.9 Å². The van der Waals surface area contributed by atoms with Gasteiger partial charge in [-0.3, -0.25) is 9.13 Å². The fraction of sp³-hybridized carbons (Fsp3) is 0.500. The van der Waals surface area contributed by atoms with Gasteiger partial charge in [-0.15, -0.1) is 18.1 Å². The van der Waals surface area contributed by atoms with Gasteiger partial charge in [-0.2, -0.15) is 0 Å². The first-order chi connectivity index (χ1) is 19.9. The van der Waals surface area contributed by atoms with Gasteiger partial charge in [0.2, 0.25) is 0 Å². The van der Waals surface area contributed by atoms with Gasteiger partial charge >= 0.3 is 16.5 Å². The number of hydrogen-bond acceptors (Lipinski definition) is 17. The summed E-state index contributed by atoms with van der Waals surface area (Å²) >= 11 is 0. The molecule has 2 bridgehead atoms. The number of nitrogens with zero attached hydrogens (tertiary/aromatic N) is 8. The van der Waals surface area contributed by atoms with Crippen molar-refractivity contribution in [3.63, 3.8) is 0 Å². The van der Waals surface area contributed by atoms with Crippen molar-refractivity contribution in [3.8, 4) is 0 Å². The van der Waals surface area contributed by atoms with Crippen molar-refractivity contribution in [1.82, 2.24) is 39.0 Å². The standard InChI is InChI=1S/C20H22N10O9P2/c21-15-11-17(25-4-23-15)29(6-27-11)19-9-1-8(36-19)2-34-41(33)39-14-10(3-35-40(32)38-9)37-20(13(14)31)30-7-28-12-16(22)24-5-26-18(12)30/h4-10,13-14,19-20,31H,1-3H2,(H2,21,23,25)(H2,22,24,26)/q+2/t8-,9+,10+,13+,14+,19+,20+/m0/s1. The van der Waals surface area contributed by atoms with Crippen LogP contribution in [0.1, 0.15) is 18.9 Å². The number of nitrogen functional groups attached to an aromatic ring is 2. The summed E-state index contributed by atoms with van der Waals surface area (Å²) in [5.74, 6) is 0.324. The first-order valence-corrected chi connectivity index (χ1v) is 14.5. The average molecular weight is 608 g/mol. The molecule has 0 aromatic carbocycles. The van der Waals surface area contributed by atoms with E-state index in [1.807, 2.05) is 0 Å². The van der Waals surface area contributed by atoms with Crippen molar-refractivity contribution >= 4 is 50.5 Å². The summed E-state index contributed by atoms with van der Waals surface area (Å²) < 4.78 is 63.1. The Morgan fingerprint density at radius 3 is 2.07 bits per heavy atom. The maximum Gasteiger partial charge on any atom is 0.697 e. The number of nitrogens with two attached hydrogens (primary N) is 2. The number of fused-ring (bicyclic) bond motifs is 5. The number of hydrogen-bond donors (Lipinski definition) is 3. The highest BCUT2D eigenvalue weighted by Crippen LogP contribution is 2.44. The molecule has 0 radical (unpaired) electrons. The van der Waals surface area contributed by atoms with E-state index < -0.39 is 59.5 Å². The van der Waals surface area contributed by atoms with E-state index in [-0.39, 0.29) is 31.3 Å². The van der Waals surface area contributed by atoms with Crippen LogP contribution >= 0.6 is 16.5 Å². The van der Waals surface area contributed by atoms with Gasteiger partial charge in [-0.1, -0.05) is 0 Å². The highest BCUT2D eigenvalue weighted by molar-refractivity contribution is 7.33. The van der Waals surface area contributed by atoms with Crippen LogP contribution in [0.5, 0.6) is 0 Å². The van der Waals surface area contributed by atoms with Crippen molar-refractivity contribution in [3.05, 3.63) is 25.3 Å². The first kappa shape index (κ1) is 26.5. The topological polar surface area (TPSA) is 249 Å². The molecule has 3 aliphatic heterocycles. The molecule has 3 saturated heterocycles. The Hall–Kier alpha value is -3.38. The summed E-state index contributed by atoms with van der Waals surface area (Å²) in [6.07, 6.45) is -1.37. The third-order valence-corrected chi connectivity index (χ3v) is 8.49. The lowest BCUT2D eigenvalue weighted by atomic mass is 10.1. The van der Waals surface area contributed by atoms with Gasteiger partial charge in [0.1, 0.15) is 49.1 Å². The van der Waals surface area contributed by atoms with E-state index in [0.717, 1.165) is 0 Å². The van der Waals surface area contributed by atoms with E-state index in [4.69, 9.17) is 39.0 Å². The number of aliphatic hydroxyl groups is 1. The molecule has 0 saturated carbocycles. The van der Waals surface area contributed by atoms with Gasteiger partial charge in [-0.25, -0.2) is 29.9 Å². The number of ether oxygens (including phenoxy) is 2. The normalized spacial score (nSPS) is 33.0. The lowest BCUT2D eigenvalue weighted by Crippen LogP contribution is -2.35. The lowest BCUT2D eigenvalue weighted by molar-refractivity contribution is -0.0562. The maximum atomic E-state index is 12.9. The van der Waals surface area contributed by atoms with Gasteiger partial charge in [0.15, 0.2) is 47.6 Å². The molecule has 5 N–H and O–H groups in total. The average Bonchev–Trinajstić information content (AvgIpc) is 3.72. The zero-order valence-electron chi connectivity index (χ0n) is 20.8. The van der Waals surface area contributed by atoms with Crippen molar-refractivity contribution in [2.45, 2.75) is 49.4 Å². The monoisotopic (exact) mass is 608 g/mol. The minimum atomic E-state index is -2.75. The fourth-order valence-corrected chi connectivity index (χ4v) is 6.59. The van der Waals surface area contributed by atoms with E-state index in [2.05, 4.69) is 29.9 Å². The fourth-order valence-electron chi connectivity index (χ4n) is 5.04. The lowest BCUT2D eigenvalue weighted by Gasteiger charge is -2.17. The molecule has 0 aliphatic carbocycles. The Morgan fingerprint density at radius 2 is 1.39 bits per heavy atom. The zero-order chi connectivity index (χ0) is 28.2. The van der Waals surface area contributed by atoms with E-state index in [0.29, 0.717) is 22.3 Å². The Morgan fingerprint density at radius 1 is 0.780 bits per heavy atom. The second-order valence-electron chi connectivity index (χ2n) is 9.36. The number of aromatic nitrogens is 8. The molecule has 7 rings (SSSR count). The van der Waals surface area contributed by atoms with E-state index in [9.17, 15) is 14.2 Å². The second-order valence-corrected chi connectivity index (χ2v) is 11.2. The maximum absolute atomic E-state index is 12.9. The predicted molar refractivity (Wildman–Crippen MR) is 135 cm³/mol. The van der Waals surface area contributed by atoms with Crippen LogP contribution in [0, 0.1) is 0 Å². The molecule has 0 spiro atoms. The van der Waals surface area contributed by atoms with Crippen LogP contribution < -0.4 is 11.5 Å². The van der Waals surface area contributed by atoms with E-state index >= 15 is 0 Å². The summed E-state index contributed by atoms with van der Waals surface area (Å²) in [5.41, 5.74) is 13.1. The van der Waals surface area contributed by atoms with Crippen LogP contribution in [-0.2, 0) is 36.7 Å². The molecule has 19 nitrogen and oxygen atoms in total. The van der Waals surface area contributed by atoms with Crippen molar-refractivity contribution in [1.29, 1.82) is 0 Å². The molecule has 3 fully saturated rings. The van der Waals surface area contributed by atoms with Gasteiger partial charge in [0.05, 0.1) is 18.8 Å². The Labute approximate surface area is 231 Å². The molecule has 7 heterocycles. The molecule has 41 heavy (non-hydrogen) atoms. The smallest absolute Gasteiger partial charge is 0.385 e. The molecule has 4 aromatic rings. The summed E-state index contributed by atoms with van der Waals surface area (Å²) in [6, 6.07) is 0. The van der Waals surface area contributed by atoms with E-state index in [1.54, 1.807) is 4.57 Å². The largest absolute Gasteiger partial charge is 0.697 e. The SMILES string of the molecule is Nc1ncnc2c1ncn2[C@@H]1O[C@@H]2CO[P+](=O)O[C@@H]3C[C@@H](CO[P+](=O)O[C@H]2[C@H]1O)O[C@H]3n1cnc2c(N)ncnc21. The summed E-state index contributed by atoms with van der Waals surface area (Å²) in [7, 11) is -5.46. The van der Waals surface area contributed by atoms with Gasteiger partial charge in [0, 0.05) is 15.6 Å². The minimum absolute atomic E-state index is 0.142. The number of imidazole rings is 2. The second kappa shape index (κ2) is 10.5. The molecule has 214 valence electrons. The number of rotatable bonds is 2. The van der Waals surface area contributed by atoms with Gasteiger partial charge < -0.3 is 26.0 Å². The Bertz CT molecular complexity index is 1650. The van der Waals surface area contributed by atoms with Crippen molar-refractivity contribution < 1.29 is 41.8 Å². The summed E-state index contributed by atoms with van der Waals surface area (Å²) in [6.45, 7) is -0.507. The molecule has 2 unspecified atom stereocenters. The number of anilines is 2. The summed E-state index contributed by atoms with van der Waals surface area (Å²) in [5, 5.41) is 11.1.